The Hall–Kier alpha value is -1.06. The van der Waals surface area contributed by atoms with Crippen LogP contribution in [0.1, 0.15) is 13.8 Å². The Balaban J connectivity index is 2.60. The van der Waals surface area contributed by atoms with Gasteiger partial charge in [-0.3, -0.25) is 4.79 Å². The van der Waals surface area contributed by atoms with Crippen LogP contribution in [0.15, 0.2) is 0 Å². The largest absolute Gasteiger partial charge is 0.447 e. The van der Waals surface area contributed by atoms with E-state index in [0.717, 1.165) is 4.90 Å². The fraction of sp³-hybridized carbons (Fsp3) is 0.714. The molecule has 0 aromatic rings. The van der Waals surface area contributed by atoms with Crippen LogP contribution in [0.5, 0.6) is 0 Å². The van der Waals surface area contributed by atoms with Crippen LogP contribution in [-0.2, 0) is 9.53 Å². The van der Waals surface area contributed by atoms with Crippen LogP contribution in [0.2, 0.25) is 0 Å². The van der Waals surface area contributed by atoms with E-state index in [1.165, 1.54) is 0 Å². The second-order valence-electron chi connectivity index (χ2n) is 2.76. The molecule has 1 rings (SSSR count). The van der Waals surface area contributed by atoms with Crippen LogP contribution in [0.25, 0.3) is 0 Å². The quantitative estimate of drug-likeness (QED) is 0.560. The summed E-state index contributed by atoms with van der Waals surface area (Å²) in [6, 6.07) is 0. The molecule has 0 saturated carbocycles. The molecule has 0 spiro atoms. The van der Waals surface area contributed by atoms with Crippen molar-refractivity contribution in [1.29, 1.82) is 0 Å². The fourth-order valence-electron chi connectivity index (χ4n) is 0.905. The lowest BCUT2D eigenvalue weighted by Crippen LogP contribution is -2.34. The lowest BCUT2D eigenvalue weighted by molar-refractivity contribution is -0.130. The van der Waals surface area contributed by atoms with Crippen molar-refractivity contribution in [1.82, 2.24) is 4.90 Å². The number of amides is 2. The minimum atomic E-state index is -0.510. The molecule has 0 aromatic heterocycles. The molecule has 0 bridgehead atoms. The van der Waals surface area contributed by atoms with Crippen molar-refractivity contribution in [3.63, 3.8) is 0 Å². The Kier molecular flexibility index (Phi) is 2.12. The van der Waals surface area contributed by atoms with Crippen LogP contribution in [0.4, 0.5) is 4.79 Å². The molecule has 1 heterocycles. The summed E-state index contributed by atoms with van der Waals surface area (Å²) >= 11 is 0. The molecular formula is C7H11NO3. The monoisotopic (exact) mass is 157 g/mol. The lowest BCUT2D eigenvalue weighted by Gasteiger charge is -2.12. The molecule has 0 N–H and O–H groups in total. The van der Waals surface area contributed by atoms with E-state index in [1.807, 2.05) is 0 Å². The molecule has 2 amide bonds. The van der Waals surface area contributed by atoms with E-state index in [9.17, 15) is 9.59 Å². The van der Waals surface area contributed by atoms with Gasteiger partial charge in [-0.15, -0.1) is 0 Å². The van der Waals surface area contributed by atoms with Gasteiger partial charge in [-0.2, -0.15) is 0 Å². The summed E-state index contributed by atoms with van der Waals surface area (Å²) in [5.41, 5.74) is 0. The highest BCUT2D eigenvalue weighted by molar-refractivity contribution is 5.93. The van der Waals surface area contributed by atoms with Crippen molar-refractivity contribution in [2.24, 2.45) is 5.92 Å². The molecule has 0 aliphatic carbocycles. The summed E-state index contributed by atoms with van der Waals surface area (Å²) in [4.78, 5) is 23.1. The Bertz CT molecular complexity index is 188. The van der Waals surface area contributed by atoms with Crippen LogP contribution in [0.3, 0.4) is 0 Å². The lowest BCUT2D eigenvalue weighted by atomic mass is 10.2. The molecule has 0 atom stereocenters. The number of carbonyl (C=O) groups is 2. The van der Waals surface area contributed by atoms with Gasteiger partial charge in [0.2, 0.25) is 5.91 Å². The highest BCUT2D eigenvalue weighted by Crippen LogP contribution is 2.08. The number of imide groups is 1. The molecule has 1 aliphatic heterocycles. The second kappa shape index (κ2) is 2.90. The van der Waals surface area contributed by atoms with E-state index in [0.29, 0.717) is 13.2 Å². The second-order valence-corrected chi connectivity index (χ2v) is 2.76. The van der Waals surface area contributed by atoms with Crippen LogP contribution in [0, 0.1) is 5.92 Å². The average molecular weight is 157 g/mol. The first-order chi connectivity index (χ1) is 5.13. The van der Waals surface area contributed by atoms with Crippen LogP contribution < -0.4 is 0 Å². The van der Waals surface area contributed by atoms with Gasteiger partial charge >= 0.3 is 6.09 Å². The molecule has 0 aromatic carbocycles. The summed E-state index contributed by atoms with van der Waals surface area (Å²) < 4.78 is 4.60. The van der Waals surface area contributed by atoms with Crippen LogP contribution in [-0.4, -0.2) is 30.1 Å². The molecule has 0 radical (unpaired) electrons. The van der Waals surface area contributed by atoms with Gasteiger partial charge in [0.05, 0.1) is 6.54 Å². The number of rotatable bonds is 1. The van der Waals surface area contributed by atoms with E-state index >= 15 is 0 Å². The van der Waals surface area contributed by atoms with Gasteiger partial charge in [-0.05, 0) is 0 Å². The van der Waals surface area contributed by atoms with Gasteiger partial charge in [-0.1, -0.05) is 13.8 Å². The number of ether oxygens (including phenoxy) is 1. The number of cyclic esters (lactones) is 1. The third-order valence-corrected chi connectivity index (χ3v) is 1.52. The van der Waals surface area contributed by atoms with Crippen molar-refractivity contribution < 1.29 is 14.3 Å². The van der Waals surface area contributed by atoms with E-state index in [1.54, 1.807) is 13.8 Å². The molecule has 1 saturated heterocycles. The van der Waals surface area contributed by atoms with Gasteiger partial charge in [0, 0.05) is 5.92 Å². The van der Waals surface area contributed by atoms with Gasteiger partial charge in [0.15, 0.2) is 0 Å². The van der Waals surface area contributed by atoms with E-state index in [2.05, 4.69) is 4.74 Å². The number of hydrogen-bond donors (Lipinski definition) is 0. The number of nitrogens with zero attached hydrogens (tertiary/aromatic N) is 1. The predicted molar refractivity (Wildman–Crippen MR) is 37.9 cm³/mol. The summed E-state index contributed by atoms with van der Waals surface area (Å²) in [6.45, 7) is 4.25. The zero-order chi connectivity index (χ0) is 8.43. The molecule has 4 nitrogen and oxygen atoms in total. The Morgan fingerprint density at radius 3 is 2.64 bits per heavy atom. The topological polar surface area (TPSA) is 46.6 Å². The summed E-state index contributed by atoms with van der Waals surface area (Å²) in [5.74, 6) is -0.298. The highest BCUT2D eigenvalue weighted by atomic mass is 16.6. The number of carbonyl (C=O) groups excluding carboxylic acids is 2. The Morgan fingerprint density at radius 1 is 1.64 bits per heavy atom. The molecule has 1 fully saturated rings. The van der Waals surface area contributed by atoms with Crippen LogP contribution >= 0.6 is 0 Å². The van der Waals surface area contributed by atoms with E-state index in [-0.39, 0.29) is 11.8 Å². The molecule has 1 aliphatic rings. The third-order valence-electron chi connectivity index (χ3n) is 1.52. The zero-order valence-corrected chi connectivity index (χ0v) is 6.66. The minimum absolute atomic E-state index is 0.138. The van der Waals surface area contributed by atoms with Crippen molar-refractivity contribution in [2.75, 3.05) is 13.2 Å². The first kappa shape index (κ1) is 8.04. The van der Waals surface area contributed by atoms with Crippen molar-refractivity contribution >= 4 is 12.0 Å². The third kappa shape index (κ3) is 1.50. The Morgan fingerprint density at radius 2 is 2.27 bits per heavy atom. The first-order valence-corrected chi connectivity index (χ1v) is 3.61. The molecule has 62 valence electrons. The van der Waals surface area contributed by atoms with E-state index in [4.69, 9.17) is 0 Å². The standard InChI is InChI=1S/C7H11NO3/c1-5(2)6(9)8-3-4-11-7(8)10/h5H,3-4H2,1-2H3. The van der Waals surface area contributed by atoms with Gasteiger partial charge < -0.3 is 4.74 Å². The zero-order valence-electron chi connectivity index (χ0n) is 6.66. The first-order valence-electron chi connectivity index (χ1n) is 3.61. The van der Waals surface area contributed by atoms with Crippen molar-refractivity contribution in [3.05, 3.63) is 0 Å². The Labute approximate surface area is 65.1 Å². The minimum Gasteiger partial charge on any atom is -0.447 e. The summed E-state index contributed by atoms with van der Waals surface area (Å²) in [6.07, 6.45) is -0.510. The summed E-state index contributed by atoms with van der Waals surface area (Å²) in [7, 11) is 0. The maximum Gasteiger partial charge on any atom is 0.416 e. The van der Waals surface area contributed by atoms with Crippen molar-refractivity contribution in [3.8, 4) is 0 Å². The molecule has 11 heavy (non-hydrogen) atoms. The highest BCUT2D eigenvalue weighted by Gasteiger charge is 2.29. The molecule has 4 heteroatoms. The molecular weight excluding hydrogens is 146 g/mol. The maximum absolute atomic E-state index is 11.2. The SMILES string of the molecule is CC(C)C(=O)N1CCOC1=O. The predicted octanol–water partition coefficient (Wildman–Crippen LogP) is 0.621. The molecule has 0 unspecified atom stereocenters. The van der Waals surface area contributed by atoms with Gasteiger partial charge in [0.25, 0.3) is 0 Å². The van der Waals surface area contributed by atoms with Gasteiger partial charge in [-0.25, -0.2) is 9.69 Å². The van der Waals surface area contributed by atoms with Gasteiger partial charge in [0.1, 0.15) is 6.61 Å². The normalized spacial score (nSPS) is 17.4. The average Bonchev–Trinajstić information content (AvgIpc) is 2.33. The maximum atomic E-state index is 11.2. The van der Waals surface area contributed by atoms with Crippen molar-refractivity contribution in [2.45, 2.75) is 13.8 Å². The smallest absolute Gasteiger partial charge is 0.416 e. The van der Waals surface area contributed by atoms with E-state index < -0.39 is 6.09 Å². The number of hydrogen-bond acceptors (Lipinski definition) is 3. The summed E-state index contributed by atoms with van der Waals surface area (Å²) in [5, 5.41) is 0. The fourth-order valence-corrected chi connectivity index (χ4v) is 0.905.